The Morgan fingerprint density at radius 3 is 2.16 bits per heavy atom. The summed E-state index contributed by atoms with van der Waals surface area (Å²) in [6.07, 6.45) is -1.36. The van der Waals surface area contributed by atoms with E-state index < -0.39 is 29.8 Å². The van der Waals surface area contributed by atoms with Crippen molar-refractivity contribution in [1.29, 1.82) is 0 Å². The normalized spacial score (nSPS) is 11.3. The molecule has 0 fully saturated rings. The van der Waals surface area contributed by atoms with Crippen LogP contribution < -0.4 is 10.6 Å². The number of esters is 1. The van der Waals surface area contributed by atoms with Gasteiger partial charge in [0.05, 0.1) is 22.6 Å². The zero-order valence-corrected chi connectivity index (χ0v) is 17.8. The third-order valence-electron chi connectivity index (χ3n) is 4.63. The molecule has 9 heteroatoms. The van der Waals surface area contributed by atoms with Crippen LogP contribution in [0.15, 0.2) is 60.7 Å². The van der Waals surface area contributed by atoms with Crippen molar-refractivity contribution in [2.24, 2.45) is 0 Å². The topological polar surface area (TPSA) is 119 Å². The number of benzene rings is 2. The molecule has 0 bridgehead atoms. The largest absolute Gasteiger partial charge is 0.447 e. The van der Waals surface area contributed by atoms with Gasteiger partial charge in [0, 0.05) is 5.69 Å². The van der Waals surface area contributed by atoms with E-state index in [0.717, 1.165) is 5.69 Å². The standard InChI is InChI=1S/C23H22N4O5/c1-14-19(15(2)27(26-14)18-12-8-5-9-13-18)20(28)22(30)32-16(3)21(29)25-23(31)24-17-10-6-4-7-11-17/h4-13,16H,1-3H3,(H2,24,25,29,31). The first-order chi connectivity index (χ1) is 15.3. The maximum atomic E-state index is 12.7. The van der Waals surface area contributed by atoms with Gasteiger partial charge in [-0.15, -0.1) is 0 Å². The van der Waals surface area contributed by atoms with Gasteiger partial charge in [0.25, 0.3) is 11.7 Å². The van der Waals surface area contributed by atoms with Crippen molar-refractivity contribution in [3.05, 3.63) is 77.6 Å². The summed E-state index contributed by atoms with van der Waals surface area (Å²) in [6, 6.07) is 16.9. The number of para-hydroxylation sites is 2. The Bertz CT molecular complexity index is 1160. The van der Waals surface area contributed by atoms with Gasteiger partial charge in [-0.25, -0.2) is 14.3 Å². The van der Waals surface area contributed by atoms with Crippen molar-refractivity contribution in [1.82, 2.24) is 15.1 Å². The summed E-state index contributed by atoms with van der Waals surface area (Å²) in [4.78, 5) is 49.2. The molecule has 0 saturated heterocycles. The van der Waals surface area contributed by atoms with E-state index >= 15 is 0 Å². The highest BCUT2D eigenvalue weighted by atomic mass is 16.6. The average Bonchev–Trinajstić information content (AvgIpc) is 3.08. The summed E-state index contributed by atoms with van der Waals surface area (Å²) in [5.74, 6) is -3.00. The zero-order chi connectivity index (χ0) is 23.3. The number of amides is 3. The fourth-order valence-corrected chi connectivity index (χ4v) is 3.06. The van der Waals surface area contributed by atoms with E-state index in [2.05, 4.69) is 15.7 Å². The molecule has 32 heavy (non-hydrogen) atoms. The van der Waals surface area contributed by atoms with Crippen molar-refractivity contribution in [2.45, 2.75) is 26.9 Å². The minimum atomic E-state index is -1.36. The summed E-state index contributed by atoms with van der Waals surface area (Å²) in [7, 11) is 0. The van der Waals surface area contributed by atoms with Gasteiger partial charge in [-0.1, -0.05) is 36.4 Å². The highest BCUT2D eigenvalue weighted by Gasteiger charge is 2.29. The smallest absolute Gasteiger partial charge is 0.380 e. The van der Waals surface area contributed by atoms with Crippen LogP contribution in [-0.2, 0) is 14.3 Å². The Morgan fingerprint density at radius 1 is 0.938 bits per heavy atom. The second-order valence-corrected chi connectivity index (χ2v) is 6.98. The number of nitrogens with one attached hydrogen (secondary N) is 2. The molecule has 1 heterocycles. The van der Waals surface area contributed by atoms with Gasteiger partial charge in [0.1, 0.15) is 0 Å². The molecule has 3 rings (SSSR count). The van der Waals surface area contributed by atoms with Crippen LogP contribution in [0.2, 0.25) is 0 Å². The first-order valence-corrected chi connectivity index (χ1v) is 9.81. The lowest BCUT2D eigenvalue weighted by Crippen LogP contribution is -2.42. The van der Waals surface area contributed by atoms with E-state index in [1.54, 1.807) is 48.9 Å². The van der Waals surface area contributed by atoms with Crippen LogP contribution in [0.1, 0.15) is 28.7 Å². The number of carbonyl (C=O) groups excluding carboxylic acids is 4. The molecule has 3 aromatic rings. The Labute approximate surface area is 184 Å². The minimum Gasteiger partial charge on any atom is -0.447 e. The predicted molar refractivity (Wildman–Crippen MR) is 117 cm³/mol. The molecule has 0 aliphatic heterocycles. The van der Waals surface area contributed by atoms with Gasteiger partial charge in [-0.3, -0.25) is 14.9 Å². The van der Waals surface area contributed by atoms with Gasteiger partial charge in [-0.2, -0.15) is 5.10 Å². The number of aromatic nitrogens is 2. The van der Waals surface area contributed by atoms with Gasteiger partial charge in [0.15, 0.2) is 6.10 Å². The van der Waals surface area contributed by atoms with Crippen molar-refractivity contribution in [3.63, 3.8) is 0 Å². The second-order valence-electron chi connectivity index (χ2n) is 6.98. The lowest BCUT2D eigenvalue weighted by atomic mass is 10.1. The molecule has 9 nitrogen and oxygen atoms in total. The molecule has 0 radical (unpaired) electrons. The van der Waals surface area contributed by atoms with E-state index in [9.17, 15) is 19.2 Å². The average molecular weight is 434 g/mol. The summed E-state index contributed by atoms with van der Waals surface area (Å²) in [5, 5.41) is 8.87. The number of ketones is 1. The van der Waals surface area contributed by atoms with Gasteiger partial charge in [0.2, 0.25) is 0 Å². The summed E-state index contributed by atoms with van der Waals surface area (Å²) < 4.78 is 6.54. The fraction of sp³-hybridized carbons (Fsp3) is 0.174. The van der Waals surface area contributed by atoms with Crippen LogP contribution in [-0.4, -0.2) is 39.6 Å². The van der Waals surface area contributed by atoms with Crippen molar-refractivity contribution in [2.75, 3.05) is 5.32 Å². The highest BCUT2D eigenvalue weighted by Crippen LogP contribution is 2.19. The van der Waals surface area contributed by atoms with Crippen LogP contribution in [0.4, 0.5) is 10.5 Å². The quantitative estimate of drug-likeness (QED) is 0.350. The molecule has 1 aromatic heterocycles. The molecule has 0 saturated carbocycles. The number of imide groups is 1. The fourth-order valence-electron chi connectivity index (χ4n) is 3.06. The first kappa shape index (κ1) is 22.4. The molecule has 1 atom stereocenters. The predicted octanol–water partition coefficient (Wildman–Crippen LogP) is 2.95. The third-order valence-corrected chi connectivity index (χ3v) is 4.63. The summed E-state index contributed by atoms with van der Waals surface area (Å²) >= 11 is 0. The van der Waals surface area contributed by atoms with Crippen LogP contribution in [0.25, 0.3) is 5.69 Å². The number of aryl methyl sites for hydroxylation is 1. The number of anilines is 1. The van der Waals surface area contributed by atoms with Crippen molar-refractivity contribution < 1.29 is 23.9 Å². The van der Waals surface area contributed by atoms with E-state index in [1.807, 2.05) is 30.3 Å². The van der Waals surface area contributed by atoms with E-state index in [-0.39, 0.29) is 5.56 Å². The lowest BCUT2D eigenvalue weighted by Gasteiger charge is -2.13. The molecule has 0 aliphatic rings. The van der Waals surface area contributed by atoms with Crippen LogP contribution in [0.5, 0.6) is 0 Å². The van der Waals surface area contributed by atoms with Crippen LogP contribution >= 0.6 is 0 Å². The molecule has 0 aliphatic carbocycles. The Hall–Kier alpha value is -4.27. The van der Waals surface area contributed by atoms with Crippen molar-refractivity contribution in [3.8, 4) is 5.69 Å². The van der Waals surface area contributed by atoms with Gasteiger partial charge in [-0.05, 0) is 45.0 Å². The van der Waals surface area contributed by atoms with Gasteiger partial charge >= 0.3 is 12.0 Å². The van der Waals surface area contributed by atoms with Crippen LogP contribution in [0, 0.1) is 13.8 Å². The second kappa shape index (κ2) is 9.69. The monoisotopic (exact) mass is 434 g/mol. The lowest BCUT2D eigenvalue weighted by molar-refractivity contribution is -0.149. The van der Waals surface area contributed by atoms with Crippen LogP contribution in [0.3, 0.4) is 0 Å². The molecule has 164 valence electrons. The number of ether oxygens (including phenoxy) is 1. The molecule has 3 amide bonds. The number of hydrogen-bond donors (Lipinski definition) is 2. The molecular weight excluding hydrogens is 412 g/mol. The number of carbonyl (C=O) groups is 4. The summed E-state index contributed by atoms with van der Waals surface area (Å²) in [6.45, 7) is 4.54. The van der Waals surface area contributed by atoms with E-state index in [4.69, 9.17) is 4.74 Å². The summed E-state index contributed by atoms with van der Waals surface area (Å²) in [5.41, 5.74) is 2.15. The molecule has 0 spiro atoms. The number of Topliss-reactive ketones (excluding diaryl/α,β-unsaturated/α-hetero) is 1. The third kappa shape index (κ3) is 5.07. The number of rotatable bonds is 6. The maximum Gasteiger partial charge on any atom is 0.380 e. The van der Waals surface area contributed by atoms with Crippen molar-refractivity contribution >= 4 is 29.4 Å². The number of urea groups is 1. The van der Waals surface area contributed by atoms with Gasteiger partial charge < -0.3 is 10.1 Å². The minimum absolute atomic E-state index is 0.105. The molecular formula is C23H22N4O5. The molecule has 1 unspecified atom stereocenters. The molecule has 2 N–H and O–H groups in total. The van der Waals surface area contributed by atoms with E-state index in [1.165, 1.54) is 6.92 Å². The number of hydrogen-bond acceptors (Lipinski definition) is 6. The number of nitrogens with zero attached hydrogens (tertiary/aromatic N) is 2. The highest BCUT2D eigenvalue weighted by molar-refractivity contribution is 6.41. The Balaban J connectivity index is 1.64. The Morgan fingerprint density at radius 2 is 1.53 bits per heavy atom. The first-order valence-electron chi connectivity index (χ1n) is 9.81. The maximum absolute atomic E-state index is 12.7. The van der Waals surface area contributed by atoms with E-state index in [0.29, 0.717) is 17.1 Å². The zero-order valence-electron chi connectivity index (χ0n) is 17.8. The SMILES string of the molecule is Cc1nn(-c2ccccc2)c(C)c1C(=O)C(=O)OC(C)C(=O)NC(=O)Nc1ccccc1. The Kier molecular flexibility index (Phi) is 6.79. The molecule has 2 aromatic carbocycles.